The van der Waals surface area contributed by atoms with Crippen LogP contribution in [0.4, 0.5) is 4.39 Å². The topological polar surface area (TPSA) is 81.4 Å². The van der Waals surface area contributed by atoms with Gasteiger partial charge in [-0.05, 0) is 17.7 Å². The zero-order valence-electron chi connectivity index (χ0n) is 9.60. The maximum atomic E-state index is 13.4. The summed E-state index contributed by atoms with van der Waals surface area (Å²) < 4.78 is 40.5. The van der Waals surface area contributed by atoms with Crippen LogP contribution in [0.25, 0.3) is 0 Å². The molecular formula is C10H15FN2O3S. The van der Waals surface area contributed by atoms with E-state index in [-0.39, 0.29) is 11.5 Å². The molecule has 1 rings (SSSR count). The molecule has 0 saturated carbocycles. The predicted octanol–water partition coefficient (Wildman–Crippen LogP) is 0.383. The second kappa shape index (κ2) is 5.44. The van der Waals surface area contributed by atoms with Gasteiger partial charge in [0.15, 0.2) is 11.6 Å². The molecule has 0 fully saturated rings. The highest BCUT2D eigenvalue weighted by atomic mass is 32.2. The van der Waals surface area contributed by atoms with Crippen LogP contribution in [0, 0.1) is 5.82 Å². The van der Waals surface area contributed by atoms with E-state index in [1.54, 1.807) is 6.07 Å². The van der Waals surface area contributed by atoms with Crippen molar-refractivity contribution in [1.82, 2.24) is 5.43 Å². The largest absolute Gasteiger partial charge is 0.494 e. The molecule has 7 heteroatoms. The Morgan fingerprint density at radius 1 is 1.53 bits per heavy atom. The van der Waals surface area contributed by atoms with Crippen LogP contribution in [0.3, 0.4) is 0 Å². The van der Waals surface area contributed by atoms with Gasteiger partial charge in [0.05, 0.1) is 18.9 Å². The molecule has 96 valence electrons. The summed E-state index contributed by atoms with van der Waals surface area (Å²) in [6.45, 7) is 0. The first-order valence-electron chi connectivity index (χ1n) is 4.84. The molecule has 0 spiro atoms. The van der Waals surface area contributed by atoms with Gasteiger partial charge < -0.3 is 4.74 Å². The zero-order chi connectivity index (χ0) is 13.1. The molecule has 3 N–H and O–H groups in total. The lowest BCUT2D eigenvalue weighted by Crippen LogP contribution is -2.33. The van der Waals surface area contributed by atoms with Crippen LogP contribution >= 0.6 is 0 Å². The van der Waals surface area contributed by atoms with Gasteiger partial charge in [0, 0.05) is 6.26 Å². The number of halogens is 1. The third kappa shape index (κ3) is 3.95. The summed E-state index contributed by atoms with van der Waals surface area (Å²) in [6.07, 6.45) is 1.09. The molecule has 0 aliphatic carbocycles. The first-order chi connectivity index (χ1) is 7.87. The monoisotopic (exact) mass is 262 g/mol. The number of rotatable bonds is 5. The number of nitrogens with one attached hydrogen (secondary N) is 1. The average molecular weight is 262 g/mol. The van der Waals surface area contributed by atoms with Crippen LogP contribution in [0.1, 0.15) is 11.6 Å². The molecule has 0 aliphatic rings. The van der Waals surface area contributed by atoms with Crippen LogP contribution in [0.2, 0.25) is 0 Å². The van der Waals surface area contributed by atoms with Gasteiger partial charge in [-0.25, -0.2) is 12.8 Å². The lowest BCUT2D eigenvalue weighted by atomic mass is 10.1. The molecule has 0 aliphatic heterocycles. The van der Waals surface area contributed by atoms with E-state index in [0.29, 0.717) is 5.56 Å². The molecule has 0 radical (unpaired) electrons. The van der Waals surface area contributed by atoms with Crippen molar-refractivity contribution in [3.05, 3.63) is 29.6 Å². The van der Waals surface area contributed by atoms with Gasteiger partial charge in [0.2, 0.25) is 0 Å². The lowest BCUT2D eigenvalue weighted by Gasteiger charge is -2.15. The number of hydrazine groups is 1. The Labute approximate surface area is 99.7 Å². The van der Waals surface area contributed by atoms with Gasteiger partial charge >= 0.3 is 0 Å². The molecule has 0 bridgehead atoms. The highest BCUT2D eigenvalue weighted by Crippen LogP contribution is 2.22. The van der Waals surface area contributed by atoms with E-state index >= 15 is 0 Å². The van der Waals surface area contributed by atoms with Crippen LogP contribution in [-0.2, 0) is 9.84 Å². The first kappa shape index (κ1) is 13.9. The molecule has 0 aromatic heterocycles. The number of hydrogen-bond donors (Lipinski definition) is 2. The SMILES string of the molecule is COc1ccc(C(CS(C)(=O)=O)NN)cc1F. The van der Waals surface area contributed by atoms with Crippen LogP contribution < -0.4 is 16.0 Å². The normalized spacial score (nSPS) is 13.4. The summed E-state index contributed by atoms with van der Waals surface area (Å²) in [6, 6.07) is 3.55. The Bertz CT molecular complexity index is 490. The van der Waals surface area contributed by atoms with Crippen molar-refractivity contribution in [2.45, 2.75) is 6.04 Å². The second-order valence-corrected chi connectivity index (χ2v) is 5.89. The lowest BCUT2D eigenvalue weighted by molar-refractivity contribution is 0.385. The summed E-state index contributed by atoms with van der Waals surface area (Å²) in [4.78, 5) is 0. The van der Waals surface area contributed by atoms with E-state index < -0.39 is 21.7 Å². The van der Waals surface area contributed by atoms with E-state index in [4.69, 9.17) is 10.6 Å². The Morgan fingerprint density at radius 3 is 2.59 bits per heavy atom. The number of ether oxygens (including phenoxy) is 1. The first-order valence-corrected chi connectivity index (χ1v) is 6.90. The van der Waals surface area contributed by atoms with Gasteiger partial charge in [-0.1, -0.05) is 6.07 Å². The van der Waals surface area contributed by atoms with Gasteiger partial charge in [-0.2, -0.15) is 0 Å². The van der Waals surface area contributed by atoms with Crippen LogP contribution in [0.15, 0.2) is 18.2 Å². The average Bonchev–Trinajstić information content (AvgIpc) is 2.24. The molecule has 1 aromatic rings. The third-order valence-corrected chi connectivity index (χ3v) is 3.19. The minimum atomic E-state index is -3.21. The number of methoxy groups -OCH3 is 1. The maximum Gasteiger partial charge on any atom is 0.165 e. The standard InChI is InChI=1S/C10H15FN2O3S/c1-16-10-4-3-7(5-8(10)11)9(13-12)6-17(2,14)15/h3-5,9,13H,6,12H2,1-2H3. The molecule has 17 heavy (non-hydrogen) atoms. The van der Waals surface area contributed by atoms with Crippen molar-refractivity contribution in [3.63, 3.8) is 0 Å². The van der Waals surface area contributed by atoms with Crippen molar-refractivity contribution in [2.75, 3.05) is 19.1 Å². The van der Waals surface area contributed by atoms with Gasteiger partial charge in [-0.15, -0.1) is 0 Å². The van der Waals surface area contributed by atoms with E-state index in [0.717, 1.165) is 6.26 Å². The Morgan fingerprint density at radius 2 is 2.18 bits per heavy atom. The number of sulfone groups is 1. The fourth-order valence-electron chi connectivity index (χ4n) is 1.44. The van der Waals surface area contributed by atoms with E-state index in [9.17, 15) is 12.8 Å². The van der Waals surface area contributed by atoms with E-state index in [1.165, 1.54) is 19.2 Å². The Kier molecular flexibility index (Phi) is 4.44. The van der Waals surface area contributed by atoms with Gasteiger partial charge in [0.25, 0.3) is 0 Å². The highest BCUT2D eigenvalue weighted by molar-refractivity contribution is 7.90. The zero-order valence-corrected chi connectivity index (χ0v) is 10.4. The summed E-state index contributed by atoms with van der Waals surface area (Å²) in [5.41, 5.74) is 2.81. The minimum Gasteiger partial charge on any atom is -0.494 e. The molecule has 5 nitrogen and oxygen atoms in total. The molecule has 0 amide bonds. The molecule has 0 saturated heterocycles. The summed E-state index contributed by atoms with van der Waals surface area (Å²) in [5.74, 6) is 4.61. The van der Waals surface area contributed by atoms with Crippen molar-refractivity contribution >= 4 is 9.84 Å². The van der Waals surface area contributed by atoms with Crippen molar-refractivity contribution in [1.29, 1.82) is 0 Å². The maximum absolute atomic E-state index is 13.4. The third-order valence-electron chi connectivity index (χ3n) is 2.25. The quantitative estimate of drug-likeness (QED) is 0.592. The fourth-order valence-corrected chi connectivity index (χ4v) is 2.34. The molecule has 1 aromatic carbocycles. The van der Waals surface area contributed by atoms with Crippen molar-refractivity contribution in [2.24, 2.45) is 5.84 Å². The van der Waals surface area contributed by atoms with E-state index in [1.807, 2.05) is 0 Å². The molecular weight excluding hydrogens is 247 g/mol. The molecule has 0 heterocycles. The molecule has 1 atom stereocenters. The summed E-state index contributed by atoms with van der Waals surface area (Å²) in [5, 5.41) is 0. The number of nitrogens with two attached hydrogens (primary N) is 1. The summed E-state index contributed by atoms with van der Waals surface area (Å²) >= 11 is 0. The fraction of sp³-hybridized carbons (Fsp3) is 0.400. The number of benzene rings is 1. The van der Waals surface area contributed by atoms with Gasteiger partial charge in [0.1, 0.15) is 9.84 Å². The second-order valence-electron chi connectivity index (χ2n) is 3.71. The minimum absolute atomic E-state index is 0.101. The Hall–Kier alpha value is -1.18. The van der Waals surface area contributed by atoms with E-state index in [2.05, 4.69) is 5.43 Å². The highest BCUT2D eigenvalue weighted by Gasteiger charge is 2.17. The van der Waals surface area contributed by atoms with Crippen molar-refractivity contribution in [3.8, 4) is 5.75 Å². The van der Waals surface area contributed by atoms with Crippen LogP contribution in [-0.4, -0.2) is 27.5 Å². The Balaban J connectivity index is 3.01. The predicted molar refractivity (Wildman–Crippen MR) is 62.7 cm³/mol. The van der Waals surface area contributed by atoms with Gasteiger partial charge in [-0.3, -0.25) is 11.3 Å². The smallest absolute Gasteiger partial charge is 0.165 e. The summed E-state index contributed by atoms with van der Waals surface area (Å²) in [7, 11) is -1.85. The van der Waals surface area contributed by atoms with Crippen molar-refractivity contribution < 1.29 is 17.5 Å². The van der Waals surface area contributed by atoms with Crippen LogP contribution in [0.5, 0.6) is 5.75 Å². The molecule has 1 unspecified atom stereocenters. The number of hydrogen-bond acceptors (Lipinski definition) is 5.